The van der Waals surface area contributed by atoms with Crippen LogP contribution in [0.5, 0.6) is 5.75 Å². The maximum absolute atomic E-state index is 5.59. The van der Waals surface area contributed by atoms with Gasteiger partial charge in [0.25, 0.3) is 0 Å². The molecule has 0 amide bonds. The van der Waals surface area contributed by atoms with Crippen LogP contribution in [0, 0.1) is 6.92 Å². The third-order valence-electron chi connectivity index (χ3n) is 3.19. The summed E-state index contributed by atoms with van der Waals surface area (Å²) in [5, 5.41) is 3.38. The van der Waals surface area contributed by atoms with Gasteiger partial charge in [-0.15, -0.1) is 0 Å². The summed E-state index contributed by atoms with van der Waals surface area (Å²) in [4.78, 5) is 0. The first-order valence-electron chi connectivity index (χ1n) is 6.81. The topological polar surface area (TPSA) is 21.3 Å². The van der Waals surface area contributed by atoms with Crippen molar-refractivity contribution < 1.29 is 4.74 Å². The molecule has 0 aromatic heterocycles. The number of benzene rings is 2. The molecule has 0 spiro atoms. The Morgan fingerprint density at radius 2 is 1.95 bits per heavy atom. The lowest BCUT2D eigenvalue weighted by Gasteiger charge is -2.19. The van der Waals surface area contributed by atoms with Gasteiger partial charge in [0, 0.05) is 4.47 Å². The minimum Gasteiger partial charge on any atom is -0.494 e. The van der Waals surface area contributed by atoms with E-state index < -0.39 is 0 Å². The normalized spacial score (nSPS) is 12.2. The molecule has 3 heteroatoms. The Bertz CT molecular complexity index is 563. The zero-order chi connectivity index (χ0) is 14.5. The van der Waals surface area contributed by atoms with Gasteiger partial charge < -0.3 is 10.1 Å². The Hall–Kier alpha value is -1.32. The minimum atomic E-state index is 0.159. The fourth-order valence-electron chi connectivity index (χ4n) is 2.41. The number of nitrogens with one attached hydrogen (secondary N) is 1. The number of halogens is 1. The van der Waals surface area contributed by atoms with Gasteiger partial charge in [0.1, 0.15) is 5.75 Å². The number of aryl methyl sites for hydroxylation is 1. The molecule has 0 fully saturated rings. The second kappa shape index (κ2) is 6.91. The van der Waals surface area contributed by atoms with E-state index in [1.165, 1.54) is 16.7 Å². The monoisotopic (exact) mass is 333 g/mol. The Balaban J connectivity index is 2.38. The Morgan fingerprint density at radius 1 is 1.15 bits per heavy atom. The van der Waals surface area contributed by atoms with Gasteiger partial charge in [0.15, 0.2) is 0 Å². The maximum atomic E-state index is 5.59. The van der Waals surface area contributed by atoms with Crippen LogP contribution in [0.15, 0.2) is 46.9 Å². The fraction of sp³-hybridized carbons (Fsp3) is 0.294. The molecule has 0 radical (unpaired) electrons. The summed E-state index contributed by atoms with van der Waals surface area (Å²) in [5.74, 6) is 0.914. The largest absolute Gasteiger partial charge is 0.494 e. The second-order valence-electron chi connectivity index (χ2n) is 4.79. The third-order valence-corrected chi connectivity index (χ3v) is 3.65. The highest BCUT2D eigenvalue weighted by Crippen LogP contribution is 2.27. The zero-order valence-corrected chi connectivity index (χ0v) is 13.7. The summed E-state index contributed by atoms with van der Waals surface area (Å²) in [5.41, 5.74) is 3.69. The SMILES string of the molecule is CCOc1cccc(C(NC)c2cc(C)cc(Br)c2)c1. The smallest absolute Gasteiger partial charge is 0.119 e. The van der Waals surface area contributed by atoms with Crippen LogP contribution in [0.4, 0.5) is 0 Å². The summed E-state index contributed by atoms with van der Waals surface area (Å²) in [6, 6.07) is 14.9. The number of hydrogen-bond acceptors (Lipinski definition) is 2. The molecular formula is C17H20BrNO. The number of ether oxygens (including phenoxy) is 1. The average Bonchev–Trinajstić information content (AvgIpc) is 2.39. The highest BCUT2D eigenvalue weighted by Gasteiger charge is 2.13. The molecule has 2 aromatic rings. The Morgan fingerprint density at radius 3 is 2.60 bits per heavy atom. The van der Waals surface area contributed by atoms with Gasteiger partial charge in [0.05, 0.1) is 12.6 Å². The first kappa shape index (κ1) is 15.1. The summed E-state index contributed by atoms with van der Waals surface area (Å²) >= 11 is 3.57. The fourth-order valence-corrected chi connectivity index (χ4v) is 3.03. The predicted octanol–water partition coefficient (Wildman–Crippen LogP) is 4.47. The van der Waals surface area contributed by atoms with Gasteiger partial charge in [-0.3, -0.25) is 0 Å². The highest BCUT2D eigenvalue weighted by molar-refractivity contribution is 9.10. The molecule has 1 unspecified atom stereocenters. The molecule has 0 heterocycles. The van der Waals surface area contributed by atoms with Crippen molar-refractivity contribution in [1.82, 2.24) is 5.32 Å². The average molecular weight is 334 g/mol. The summed E-state index contributed by atoms with van der Waals surface area (Å²) < 4.78 is 6.69. The van der Waals surface area contributed by atoms with Crippen molar-refractivity contribution in [2.24, 2.45) is 0 Å². The highest BCUT2D eigenvalue weighted by atomic mass is 79.9. The van der Waals surface area contributed by atoms with Crippen molar-refractivity contribution in [2.75, 3.05) is 13.7 Å². The quantitative estimate of drug-likeness (QED) is 0.871. The molecule has 0 saturated carbocycles. The van der Waals surface area contributed by atoms with Crippen LogP contribution in [0.2, 0.25) is 0 Å². The van der Waals surface area contributed by atoms with Gasteiger partial charge >= 0.3 is 0 Å². The van der Waals surface area contributed by atoms with Crippen molar-refractivity contribution in [3.05, 3.63) is 63.6 Å². The summed E-state index contributed by atoms with van der Waals surface area (Å²) in [7, 11) is 1.98. The second-order valence-corrected chi connectivity index (χ2v) is 5.70. The van der Waals surface area contributed by atoms with Crippen LogP contribution in [-0.2, 0) is 0 Å². The van der Waals surface area contributed by atoms with E-state index in [1.807, 2.05) is 26.1 Å². The lowest BCUT2D eigenvalue weighted by molar-refractivity contribution is 0.339. The van der Waals surface area contributed by atoms with Gasteiger partial charge in [-0.2, -0.15) is 0 Å². The lowest BCUT2D eigenvalue weighted by Crippen LogP contribution is -2.17. The van der Waals surface area contributed by atoms with Crippen LogP contribution >= 0.6 is 15.9 Å². The molecule has 1 atom stereocenters. The van der Waals surface area contributed by atoms with Crippen molar-refractivity contribution in [1.29, 1.82) is 0 Å². The van der Waals surface area contributed by atoms with Crippen molar-refractivity contribution in [3.8, 4) is 5.75 Å². The number of rotatable bonds is 5. The molecular weight excluding hydrogens is 314 g/mol. The molecule has 0 aliphatic rings. The molecule has 0 saturated heterocycles. The number of hydrogen-bond donors (Lipinski definition) is 1. The molecule has 106 valence electrons. The first-order valence-corrected chi connectivity index (χ1v) is 7.60. The van der Waals surface area contributed by atoms with Crippen molar-refractivity contribution >= 4 is 15.9 Å². The van der Waals surface area contributed by atoms with Crippen LogP contribution in [0.25, 0.3) is 0 Å². The minimum absolute atomic E-state index is 0.159. The molecule has 0 bridgehead atoms. The van der Waals surface area contributed by atoms with Gasteiger partial charge in [-0.25, -0.2) is 0 Å². The summed E-state index contributed by atoms with van der Waals surface area (Å²) in [6.07, 6.45) is 0. The predicted molar refractivity (Wildman–Crippen MR) is 87.4 cm³/mol. The van der Waals surface area contributed by atoms with E-state index in [2.05, 4.69) is 58.5 Å². The van der Waals surface area contributed by atoms with E-state index in [-0.39, 0.29) is 6.04 Å². The van der Waals surface area contributed by atoms with Crippen LogP contribution in [0.3, 0.4) is 0 Å². The van der Waals surface area contributed by atoms with Crippen molar-refractivity contribution in [3.63, 3.8) is 0 Å². The third kappa shape index (κ3) is 3.62. The molecule has 0 aliphatic carbocycles. The van der Waals surface area contributed by atoms with E-state index in [0.29, 0.717) is 6.61 Å². The van der Waals surface area contributed by atoms with Crippen LogP contribution in [0.1, 0.15) is 29.7 Å². The standard InChI is InChI=1S/C17H20BrNO/c1-4-20-16-7-5-6-13(11-16)17(19-3)14-8-12(2)9-15(18)10-14/h5-11,17,19H,4H2,1-3H3. The summed E-state index contributed by atoms with van der Waals surface area (Å²) in [6.45, 7) is 4.79. The van der Waals surface area contributed by atoms with Crippen molar-refractivity contribution in [2.45, 2.75) is 19.9 Å². The Labute approximate surface area is 129 Å². The van der Waals surface area contributed by atoms with Crippen LogP contribution in [-0.4, -0.2) is 13.7 Å². The molecule has 2 nitrogen and oxygen atoms in total. The van der Waals surface area contributed by atoms with E-state index >= 15 is 0 Å². The molecule has 2 aromatic carbocycles. The molecule has 20 heavy (non-hydrogen) atoms. The first-order chi connectivity index (χ1) is 9.63. The molecule has 0 aliphatic heterocycles. The van der Waals surface area contributed by atoms with Gasteiger partial charge in [-0.1, -0.05) is 34.1 Å². The molecule has 1 N–H and O–H groups in total. The van der Waals surface area contributed by atoms with Gasteiger partial charge in [0.2, 0.25) is 0 Å². The van der Waals surface area contributed by atoms with Crippen LogP contribution < -0.4 is 10.1 Å². The maximum Gasteiger partial charge on any atom is 0.119 e. The van der Waals surface area contributed by atoms with E-state index in [9.17, 15) is 0 Å². The molecule has 2 rings (SSSR count). The van der Waals surface area contributed by atoms with E-state index in [1.54, 1.807) is 0 Å². The zero-order valence-electron chi connectivity index (χ0n) is 12.1. The Kier molecular flexibility index (Phi) is 5.21. The van der Waals surface area contributed by atoms with E-state index in [4.69, 9.17) is 4.74 Å². The lowest BCUT2D eigenvalue weighted by atomic mass is 9.97. The van der Waals surface area contributed by atoms with E-state index in [0.717, 1.165) is 10.2 Å². The van der Waals surface area contributed by atoms with Gasteiger partial charge in [-0.05, 0) is 61.9 Å².